The molecular weight excluding hydrogens is 382 g/mol. The van der Waals surface area contributed by atoms with E-state index in [1.807, 2.05) is 32.0 Å². The average Bonchev–Trinajstić information content (AvgIpc) is 2.67. The number of ether oxygens (including phenoxy) is 1. The van der Waals surface area contributed by atoms with Gasteiger partial charge in [-0.15, -0.1) is 0 Å². The highest BCUT2D eigenvalue weighted by Crippen LogP contribution is 2.20. The van der Waals surface area contributed by atoms with Gasteiger partial charge in [0, 0.05) is 12.8 Å². The van der Waals surface area contributed by atoms with E-state index in [1.54, 1.807) is 24.3 Å². The fourth-order valence-electron chi connectivity index (χ4n) is 2.25. The predicted molar refractivity (Wildman–Crippen MR) is 107 cm³/mol. The van der Waals surface area contributed by atoms with Crippen molar-refractivity contribution in [1.82, 2.24) is 10.9 Å². The summed E-state index contributed by atoms with van der Waals surface area (Å²) in [5.41, 5.74) is 6.91. The molecule has 0 atom stereocenters. The van der Waals surface area contributed by atoms with Crippen molar-refractivity contribution in [3.63, 3.8) is 0 Å². The van der Waals surface area contributed by atoms with Crippen LogP contribution < -0.4 is 20.9 Å². The van der Waals surface area contributed by atoms with Gasteiger partial charge < -0.3 is 10.1 Å². The first-order valence-corrected chi connectivity index (χ1v) is 9.05. The van der Waals surface area contributed by atoms with Crippen molar-refractivity contribution in [3.8, 4) is 5.75 Å². The lowest BCUT2D eigenvalue weighted by atomic mass is 10.1. The number of para-hydroxylation sites is 1. The topological polar surface area (TPSA) is 96.5 Å². The van der Waals surface area contributed by atoms with E-state index in [0.717, 1.165) is 11.1 Å². The van der Waals surface area contributed by atoms with Crippen LogP contribution in [-0.4, -0.2) is 24.3 Å². The summed E-state index contributed by atoms with van der Waals surface area (Å²) in [6, 6.07) is 12.5. The molecule has 0 spiro atoms. The molecule has 0 unspecified atom stereocenters. The Morgan fingerprint density at radius 3 is 2.36 bits per heavy atom. The summed E-state index contributed by atoms with van der Waals surface area (Å²) in [6.45, 7) is 3.56. The maximum absolute atomic E-state index is 11.9. The highest BCUT2D eigenvalue weighted by molar-refractivity contribution is 6.33. The maximum atomic E-state index is 11.9. The number of hydrazine groups is 1. The number of hydrogen-bond donors (Lipinski definition) is 3. The van der Waals surface area contributed by atoms with E-state index < -0.39 is 11.8 Å². The van der Waals surface area contributed by atoms with Crippen molar-refractivity contribution in [2.75, 3.05) is 11.9 Å². The van der Waals surface area contributed by atoms with Crippen LogP contribution in [0.4, 0.5) is 5.69 Å². The van der Waals surface area contributed by atoms with Crippen LogP contribution in [0.5, 0.6) is 5.75 Å². The van der Waals surface area contributed by atoms with Crippen molar-refractivity contribution < 1.29 is 19.1 Å². The number of benzene rings is 2. The predicted octanol–water partition coefficient (Wildman–Crippen LogP) is 2.90. The van der Waals surface area contributed by atoms with Gasteiger partial charge in [-0.2, -0.15) is 0 Å². The Labute approximate surface area is 168 Å². The highest BCUT2D eigenvalue weighted by Gasteiger charge is 2.10. The standard InChI is InChI=1S/C20H22ClN3O4/c1-13-7-8-14(2)17(11-13)28-12-20(27)24-23-19(26)10-9-18(25)22-16-6-4-3-5-15(16)21/h3-8,11H,9-10,12H2,1-2H3,(H,22,25)(H,23,26)(H,24,27). The number of anilines is 1. The van der Waals surface area contributed by atoms with Crippen LogP contribution in [0.2, 0.25) is 5.02 Å². The van der Waals surface area contributed by atoms with E-state index in [2.05, 4.69) is 16.2 Å². The SMILES string of the molecule is Cc1ccc(C)c(OCC(=O)NNC(=O)CCC(=O)Nc2ccccc2Cl)c1. The number of amides is 3. The van der Waals surface area contributed by atoms with Crippen LogP contribution in [0.3, 0.4) is 0 Å². The van der Waals surface area contributed by atoms with Gasteiger partial charge in [-0.25, -0.2) is 0 Å². The van der Waals surface area contributed by atoms with Gasteiger partial charge in [0.2, 0.25) is 11.8 Å². The van der Waals surface area contributed by atoms with Gasteiger partial charge in [-0.3, -0.25) is 25.2 Å². The summed E-state index contributed by atoms with van der Waals surface area (Å²) in [5, 5.41) is 3.03. The van der Waals surface area contributed by atoms with Crippen LogP contribution in [-0.2, 0) is 14.4 Å². The Balaban J connectivity index is 1.67. The quantitative estimate of drug-likeness (QED) is 0.619. The van der Waals surface area contributed by atoms with Crippen LogP contribution in [0.15, 0.2) is 42.5 Å². The van der Waals surface area contributed by atoms with Gasteiger partial charge >= 0.3 is 0 Å². The number of nitrogens with one attached hydrogen (secondary N) is 3. The monoisotopic (exact) mass is 403 g/mol. The molecule has 0 saturated heterocycles. The van der Waals surface area contributed by atoms with E-state index in [1.165, 1.54) is 0 Å². The van der Waals surface area contributed by atoms with E-state index in [4.69, 9.17) is 16.3 Å². The fourth-order valence-corrected chi connectivity index (χ4v) is 2.43. The molecule has 0 aliphatic heterocycles. The molecule has 148 valence electrons. The Kier molecular flexibility index (Phi) is 7.83. The molecule has 7 nitrogen and oxygen atoms in total. The molecule has 0 heterocycles. The second-order valence-corrected chi connectivity index (χ2v) is 6.59. The molecule has 0 saturated carbocycles. The molecule has 0 aromatic heterocycles. The smallest absolute Gasteiger partial charge is 0.276 e. The van der Waals surface area contributed by atoms with Crippen LogP contribution in [0.1, 0.15) is 24.0 Å². The Morgan fingerprint density at radius 2 is 1.61 bits per heavy atom. The van der Waals surface area contributed by atoms with Gasteiger partial charge in [-0.05, 0) is 43.2 Å². The second kappa shape index (κ2) is 10.3. The van der Waals surface area contributed by atoms with Gasteiger partial charge in [0.05, 0.1) is 10.7 Å². The first kappa shape index (κ1) is 21.2. The van der Waals surface area contributed by atoms with Crippen LogP contribution in [0.25, 0.3) is 0 Å². The third kappa shape index (κ3) is 6.92. The summed E-state index contributed by atoms with van der Waals surface area (Å²) in [7, 11) is 0. The normalized spacial score (nSPS) is 10.1. The molecule has 2 aromatic carbocycles. The molecule has 28 heavy (non-hydrogen) atoms. The van der Waals surface area contributed by atoms with Crippen LogP contribution in [0, 0.1) is 13.8 Å². The van der Waals surface area contributed by atoms with Crippen molar-refractivity contribution in [1.29, 1.82) is 0 Å². The maximum Gasteiger partial charge on any atom is 0.276 e. The minimum Gasteiger partial charge on any atom is -0.483 e. The summed E-state index contributed by atoms with van der Waals surface area (Å²) in [4.78, 5) is 35.4. The molecule has 8 heteroatoms. The van der Waals surface area contributed by atoms with Crippen molar-refractivity contribution >= 4 is 35.0 Å². The fraction of sp³-hybridized carbons (Fsp3) is 0.250. The Morgan fingerprint density at radius 1 is 0.929 bits per heavy atom. The van der Waals surface area contributed by atoms with Gasteiger partial charge in [0.15, 0.2) is 6.61 Å². The summed E-state index contributed by atoms with van der Waals surface area (Å²) < 4.78 is 5.45. The van der Waals surface area contributed by atoms with Gasteiger partial charge in [-0.1, -0.05) is 35.9 Å². The van der Waals surface area contributed by atoms with Crippen LogP contribution >= 0.6 is 11.6 Å². The molecule has 0 bridgehead atoms. The third-order valence-corrected chi connectivity index (χ3v) is 4.10. The third-order valence-electron chi connectivity index (χ3n) is 3.77. The Bertz CT molecular complexity index is 870. The zero-order chi connectivity index (χ0) is 20.5. The molecule has 2 aromatic rings. The largest absolute Gasteiger partial charge is 0.483 e. The Hall–Kier alpha value is -3.06. The lowest BCUT2D eigenvalue weighted by Gasteiger charge is -2.11. The average molecular weight is 404 g/mol. The van der Waals surface area contributed by atoms with Gasteiger partial charge in [0.25, 0.3) is 5.91 Å². The van der Waals surface area contributed by atoms with Crippen molar-refractivity contribution in [3.05, 3.63) is 58.6 Å². The summed E-state index contributed by atoms with van der Waals surface area (Å²) in [6.07, 6.45) is -0.139. The molecule has 3 amide bonds. The lowest BCUT2D eigenvalue weighted by Crippen LogP contribution is -2.44. The molecular formula is C20H22ClN3O4. The number of carbonyl (C=O) groups excluding carboxylic acids is 3. The van der Waals surface area contributed by atoms with E-state index in [0.29, 0.717) is 16.5 Å². The van der Waals surface area contributed by atoms with E-state index in [-0.39, 0.29) is 25.4 Å². The van der Waals surface area contributed by atoms with Gasteiger partial charge in [0.1, 0.15) is 5.75 Å². The summed E-state index contributed by atoms with van der Waals surface area (Å²) >= 11 is 5.95. The second-order valence-electron chi connectivity index (χ2n) is 6.18. The number of rotatable bonds is 7. The number of halogens is 1. The molecule has 0 radical (unpaired) electrons. The number of hydrogen-bond acceptors (Lipinski definition) is 4. The molecule has 0 fully saturated rings. The number of aryl methyl sites for hydroxylation is 2. The van der Waals surface area contributed by atoms with E-state index in [9.17, 15) is 14.4 Å². The van der Waals surface area contributed by atoms with E-state index >= 15 is 0 Å². The lowest BCUT2D eigenvalue weighted by molar-refractivity contribution is -0.130. The first-order valence-electron chi connectivity index (χ1n) is 8.67. The zero-order valence-corrected chi connectivity index (χ0v) is 16.4. The number of carbonyl (C=O) groups is 3. The molecule has 0 aliphatic rings. The minimum absolute atomic E-state index is 0.0497. The minimum atomic E-state index is -0.505. The first-order chi connectivity index (χ1) is 13.3. The molecule has 2 rings (SSSR count). The van der Waals surface area contributed by atoms with Crippen molar-refractivity contribution in [2.45, 2.75) is 26.7 Å². The molecule has 3 N–H and O–H groups in total. The zero-order valence-electron chi connectivity index (χ0n) is 15.7. The summed E-state index contributed by atoms with van der Waals surface area (Å²) in [5.74, 6) is -0.741. The highest BCUT2D eigenvalue weighted by atomic mass is 35.5. The van der Waals surface area contributed by atoms with Crippen molar-refractivity contribution in [2.24, 2.45) is 0 Å². The molecule has 0 aliphatic carbocycles.